The van der Waals surface area contributed by atoms with Crippen LogP contribution in [0.1, 0.15) is 58.3 Å². The SMILES string of the molecule is C[C@]1(C2CCCCC2)NC(=O)N(CC(=O)Nc2ccc(N3CCCCC3)cc2)C1=O. The third-order valence-corrected chi connectivity index (χ3v) is 6.90. The van der Waals surface area contributed by atoms with Gasteiger partial charge in [-0.3, -0.25) is 14.5 Å². The Kier molecular flexibility index (Phi) is 5.97. The highest BCUT2D eigenvalue weighted by atomic mass is 16.2. The molecule has 7 heteroatoms. The zero-order valence-electron chi connectivity index (χ0n) is 17.8. The van der Waals surface area contributed by atoms with E-state index in [9.17, 15) is 14.4 Å². The monoisotopic (exact) mass is 412 g/mol. The molecule has 3 fully saturated rings. The quantitative estimate of drug-likeness (QED) is 0.725. The minimum absolute atomic E-state index is 0.137. The van der Waals surface area contributed by atoms with Gasteiger partial charge in [0.1, 0.15) is 12.1 Å². The van der Waals surface area contributed by atoms with E-state index in [4.69, 9.17) is 0 Å². The van der Waals surface area contributed by atoms with Gasteiger partial charge >= 0.3 is 6.03 Å². The minimum atomic E-state index is -0.895. The minimum Gasteiger partial charge on any atom is -0.372 e. The summed E-state index contributed by atoms with van der Waals surface area (Å²) in [6.07, 6.45) is 8.92. The van der Waals surface area contributed by atoms with Gasteiger partial charge in [-0.15, -0.1) is 0 Å². The first-order valence-electron chi connectivity index (χ1n) is 11.3. The van der Waals surface area contributed by atoms with Crippen molar-refractivity contribution in [3.63, 3.8) is 0 Å². The molecule has 0 unspecified atom stereocenters. The molecule has 4 amide bonds. The first kappa shape index (κ1) is 20.7. The molecule has 0 spiro atoms. The van der Waals surface area contributed by atoms with E-state index in [1.165, 1.54) is 25.7 Å². The predicted molar refractivity (Wildman–Crippen MR) is 116 cm³/mol. The number of nitrogens with one attached hydrogen (secondary N) is 2. The summed E-state index contributed by atoms with van der Waals surface area (Å²) >= 11 is 0. The second-order valence-corrected chi connectivity index (χ2v) is 9.00. The van der Waals surface area contributed by atoms with Crippen molar-refractivity contribution in [2.45, 2.75) is 63.8 Å². The van der Waals surface area contributed by atoms with Crippen LogP contribution in [0.2, 0.25) is 0 Å². The number of anilines is 2. The largest absolute Gasteiger partial charge is 0.372 e. The van der Waals surface area contributed by atoms with Gasteiger partial charge in [0, 0.05) is 24.5 Å². The lowest BCUT2D eigenvalue weighted by Crippen LogP contribution is -2.51. The Hall–Kier alpha value is -2.57. The molecule has 1 aromatic carbocycles. The Morgan fingerprint density at radius 1 is 1.03 bits per heavy atom. The van der Waals surface area contributed by atoms with Crippen LogP contribution in [0.4, 0.5) is 16.2 Å². The first-order chi connectivity index (χ1) is 14.5. The van der Waals surface area contributed by atoms with Crippen LogP contribution in [0.3, 0.4) is 0 Å². The van der Waals surface area contributed by atoms with E-state index in [-0.39, 0.29) is 24.3 Å². The van der Waals surface area contributed by atoms with E-state index in [1.807, 2.05) is 24.3 Å². The third-order valence-electron chi connectivity index (χ3n) is 6.90. The summed E-state index contributed by atoms with van der Waals surface area (Å²) in [7, 11) is 0. The fourth-order valence-electron chi connectivity index (χ4n) is 5.07. The van der Waals surface area contributed by atoms with Crippen LogP contribution in [0.5, 0.6) is 0 Å². The summed E-state index contributed by atoms with van der Waals surface area (Å²) in [6.45, 7) is 3.68. The normalized spacial score (nSPS) is 25.4. The summed E-state index contributed by atoms with van der Waals surface area (Å²) in [5, 5.41) is 5.68. The molecule has 2 heterocycles. The first-order valence-corrected chi connectivity index (χ1v) is 11.3. The molecule has 2 N–H and O–H groups in total. The van der Waals surface area contributed by atoms with E-state index < -0.39 is 11.6 Å². The number of hydrogen-bond donors (Lipinski definition) is 2. The Labute approximate surface area is 178 Å². The molecule has 0 bridgehead atoms. The molecule has 4 rings (SSSR count). The van der Waals surface area contributed by atoms with Gasteiger partial charge in [0.25, 0.3) is 5.91 Å². The van der Waals surface area contributed by atoms with E-state index in [0.717, 1.165) is 49.4 Å². The molecule has 2 saturated heterocycles. The Morgan fingerprint density at radius 3 is 2.33 bits per heavy atom. The van der Waals surface area contributed by atoms with Crippen LogP contribution < -0.4 is 15.5 Å². The van der Waals surface area contributed by atoms with E-state index in [2.05, 4.69) is 15.5 Å². The molecule has 162 valence electrons. The van der Waals surface area contributed by atoms with Gasteiger partial charge in [-0.25, -0.2) is 4.79 Å². The lowest BCUT2D eigenvalue weighted by Gasteiger charge is -2.34. The zero-order valence-corrected chi connectivity index (χ0v) is 17.8. The van der Waals surface area contributed by atoms with Crippen molar-refractivity contribution in [3.8, 4) is 0 Å². The second-order valence-electron chi connectivity index (χ2n) is 9.00. The Bertz CT molecular complexity index is 797. The van der Waals surface area contributed by atoms with Gasteiger partial charge in [-0.1, -0.05) is 19.3 Å². The maximum atomic E-state index is 13.0. The van der Waals surface area contributed by atoms with Crippen molar-refractivity contribution < 1.29 is 14.4 Å². The van der Waals surface area contributed by atoms with Crippen molar-refractivity contribution in [1.29, 1.82) is 0 Å². The molecule has 1 aromatic rings. The molecule has 1 saturated carbocycles. The van der Waals surface area contributed by atoms with Gasteiger partial charge in [-0.05, 0) is 69.2 Å². The fourth-order valence-corrected chi connectivity index (χ4v) is 5.07. The van der Waals surface area contributed by atoms with Gasteiger partial charge < -0.3 is 15.5 Å². The molecule has 30 heavy (non-hydrogen) atoms. The number of hydrogen-bond acceptors (Lipinski definition) is 4. The van der Waals surface area contributed by atoms with E-state index >= 15 is 0 Å². The smallest absolute Gasteiger partial charge is 0.325 e. The van der Waals surface area contributed by atoms with Gasteiger partial charge in [-0.2, -0.15) is 0 Å². The van der Waals surface area contributed by atoms with Crippen molar-refractivity contribution in [2.24, 2.45) is 5.92 Å². The number of carbonyl (C=O) groups excluding carboxylic acids is 3. The molecule has 0 aromatic heterocycles. The second kappa shape index (κ2) is 8.66. The van der Waals surface area contributed by atoms with Crippen molar-refractivity contribution in [1.82, 2.24) is 10.2 Å². The lowest BCUT2D eigenvalue weighted by atomic mass is 9.75. The molecule has 2 aliphatic heterocycles. The number of urea groups is 1. The summed E-state index contributed by atoms with van der Waals surface area (Å²) in [6, 6.07) is 7.30. The summed E-state index contributed by atoms with van der Waals surface area (Å²) < 4.78 is 0. The van der Waals surface area contributed by atoms with Crippen molar-refractivity contribution in [3.05, 3.63) is 24.3 Å². The maximum absolute atomic E-state index is 13.0. The summed E-state index contributed by atoms with van der Waals surface area (Å²) in [5.41, 5.74) is 0.932. The molecular formula is C23H32N4O3. The molecule has 7 nitrogen and oxygen atoms in total. The Morgan fingerprint density at radius 2 is 1.67 bits per heavy atom. The maximum Gasteiger partial charge on any atom is 0.325 e. The Balaban J connectivity index is 1.35. The zero-order chi connectivity index (χ0) is 21.1. The van der Waals surface area contributed by atoms with Crippen molar-refractivity contribution >= 4 is 29.2 Å². The average molecular weight is 413 g/mol. The molecule has 1 atom stereocenters. The molecule has 3 aliphatic rings. The van der Waals surface area contributed by atoms with E-state index in [0.29, 0.717) is 5.69 Å². The van der Waals surface area contributed by atoms with Crippen LogP contribution >= 0.6 is 0 Å². The number of rotatable bonds is 5. The highest BCUT2D eigenvalue weighted by Gasteiger charge is 2.52. The summed E-state index contributed by atoms with van der Waals surface area (Å²) in [4.78, 5) is 41.4. The van der Waals surface area contributed by atoms with Gasteiger partial charge in [0.2, 0.25) is 5.91 Å². The number of carbonyl (C=O) groups is 3. The van der Waals surface area contributed by atoms with Crippen LogP contribution in [0.15, 0.2) is 24.3 Å². The number of imide groups is 1. The van der Waals surface area contributed by atoms with Crippen LogP contribution in [-0.2, 0) is 9.59 Å². The predicted octanol–water partition coefficient (Wildman–Crippen LogP) is 3.51. The van der Waals surface area contributed by atoms with Crippen LogP contribution in [0, 0.1) is 5.92 Å². The van der Waals surface area contributed by atoms with E-state index in [1.54, 1.807) is 6.92 Å². The van der Waals surface area contributed by atoms with Crippen LogP contribution in [0.25, 0.3) is 0 Å². The lowest BCUT2D eigenvalue weighted by molar-refractivity contribution is -0.135. The third kappa shape index (κ3) is 4.16. The van der Waals surface area contributed by atoms with Gasteiger partial charge in [0.05, 0.1) is 0 Å². The molecule has 0 radical (unpaired) electrons. The highest BCUT2D eigenvalue weighted by Crippen LogP contribution is 2.36. The molecule has 1 aliphatic carbocycles. The number of amides is 4. The fraction of sp³-hybridized carbons (Fsp3) is 0.609. The standard InChI is InChI=1S/C23H32N4O3/c1-23(17-8-4-2-5-9-17)21(29)27(22(30)25-23)16-20(28)24-18-10-12-19(13-11-18)26-14-6-3-7-15-26/h10-13,17H,2-9,14-16H2,1H3,(H,24,28)(H,25,30)/t23-/m1/s1. The number of benzene rings is 1. The summed E-state index contributed by atoms with van der Waals surface area (Å²) in [5.74, 6) is -0.509. The number of piperidine rings is 1. The van der Waals surface area contributed by atoms with Crippen molar-refractivity contribution in [2.75, 3.05) is 29.9 Å². The highest BCUT2D eigenvalue weighted by molar-refractivity contribution is 6.10. The molecular weight excluding hydrogens is 380 g/mol. The van der Waals surface area contributed by atoms with Crippen LogP contribution in [-0.4, -0.2) is 47.9 Å². The topological polar surface area (TPSA) is 81.8 Å². The average Bonchev–Trinajstić information content (AvgIpc) is 2.99. The number of nitrogens with zero attached hydrogens (tertiary/aromatic N) is 2. The van der Waals surface area contributed by atoms with Gasteiger partial charge in [0.15, 0.2) is 0 Å².